The van der Waals surface area contributed by atoms with Crippen LogP contribution in [0.5, 0.6) is 17.2 Å². The number of ether oxygens (including phenoxy) is 3. The van der Waals surface area contributed by atoms with E-state index in [1.165, 1.54) is 36.6 Å². The van der Waals surface area contributed by atoms with Gasteiger partial charge in [-0.2, -0.15) is 0 Å². The largest absolute Gasteiger partial charge is 0.493 e. The van der Waals surface area contributed by atoms with Crippen molar-refractivity contribution in [1.29, 1.82) is 0 Å². The van der Waals surface area contributed by atoms with E-state index in [1.807, 2.05) is 6.92 Å². The molecule has 0 saturated carbocycles. The van der Waals surface area contributed by atoms with E-state index in [1.54, 1.807) is 35.2 Å². The molecular formula is C31H30FN5O6S. The summed E-state index contributed by atoms with van der Waals surface area (Å²) in [5.41, 5.74) is 8.75. The lowest BCUT2D eigenvalue weighted by atomic mass is 10.00. The van der Waals surface area contributed by atoms with Gasteiger partial charge in [0.1, 0.15) is 17.7 Å². The lowest BCUT2D eigenvalue weighted by Gasteiger charge is -2.39. The number of nitrogens with one attached hydrogen (secondary N) is 2. The Morgan fingerprint density at radius 2 is 2.02 bits per heavy atom. The number of rotatable bonds is 2. The summed E-state index contributed by atoms with van der Waals surface area (Å²) >= 11 is 1.31. The number of methoxy groups -OCH3 is 1. The number of nitrogens with two attached hydrogens (primary N) is 1. The number of anilines is 1. The van der Waals surface area contributed by atoms with Crippen LogP contribution in [0.15, 0.2) is 48.5 Å². The number of fused-ring (bicyclic) bond motifs is 6. The number of likely N-dealkylation sites (tertiary alicyclic amines) is 1. The third-order valence-corrected chi connectivity index (χ3v) is 8.42. The first-order valence-corrected chi connectivity index (χ1v) is 14.8. The maximum atomic E-state index is 14.6. The highest BCUT2D eigenvalue weighted by molar-refractivity contribution is 7.22. The molecule has 4 aromatic rings. The van der Waals surface area contributed by atoms with Gasteiger partial charge in [-0.1, -0.05) is 11.3 Å². The third kappa shape index (κ3) is 6.09. The summed E-state index contributed by atoms with van der Waals surface area (Å²) < 4.78 is 32.8. The molecule has 0 spiro atoms. The fourth-order valence-corrected chi connectivity index (χ4v) is 6.34. The molecule has 4 N–H and O–H groups in total. The minimum atomic E-state index is -0.639. The maximum absolute atomic E-state index is 14.6. The average molecular weight is 620 g/mol. The predicted octanol–water partition coefficient (Wildman–Crippen LogP) is 3.44. The summed E-state index contributed by atoms with van der Waals surface area (Å²) in [6.45, 7) is 2.04. The van der Waals surface area contributed by atoms with Gasteiger partial charge in [0, 0.05) is 43.2 Å². The molecule has 2 aliphatic rings. The molecule has 2 aliphatic heterocycles. The van der Waals surface area contributed by atoms with Crippen molar-refractivity contribution in [3.05, 3.63) is 76.6 Å². The van der Waals surface area contributed by atoms with E-state index in [9.17, 15) is 18.8 Å². The summed E-state index contributed by atoms with van der Waals surface area (Å²) in [4.78, 5) is 45.7. The highest BCUT2D eigenvalue weighted by Gasteiger charge is 2.35. The van der Waals surface area contributed by atoms with Gasteiger partial charge < -0.3 is 35.5 Å². The Kier molecular flexibility index (Phi) is 7.95. The van der Waals surface area contributed by atoms with Gasteiger partial charge in [-0.15, -0.1) is 0 Å². The Morgan fingerprint density at radius 1 is 1.18 bits per heavy atom. The number of hydrogen-bond donors (Lipinski definition) is 3. The number of carbonyl (C=O) groups is 3. The number of carbonyl (C=O) groups excluding carboxylic acids is 3. The van der Waals surface area contributed by atoms with E-state index >= 15 is 0 Å². The number of benzene rings is 3. The number of nitrogen functional groups attached to an aromatic ring is 1. The van der Waals surface area contributed by atoms with Crippen LogP contribution in [0, 0.1) is 12.7 Å². The van der Waals surface area contributed by atoms with Crippen LogP contribution in [-0.2, 0) is 11.3 Å². The highest BCUT2D eigenvalue weighted by atomic mass is 32.1. The van der Waals surface area contributed by atoms with Crippen molar-refractivity contribution in [3.63, 3.8) is 0 Å². The summed E-state index contributed by atoms with van der Waals surface area (Å²) in [5, 5.41) is 6.13. The zero-order valence-electron chi connectivity index (χ0n) is 24.0. The van der Waals surface area contributed by atoms with Gasteiger partial charge in [-0.25, -0.2) is 9.37 Å². The predicted molar refractivity (Wildman–Crippen MR) is 162 cm³/mol. The first kappa shape index (κ1) is 29.2. The fourth-order valence-electron chi connectivity index (χ4n) is 5.49. The topological polar surface area (TPSA) is 145 Å². The molecule has 3 amide bonds. The lowest BCUT2D eigenvalue weighted by molar-refractivity contribution is -0.125. The van der Waals surface area contributed by atoms with Crippen molar-refractivity contribution in [2.24, 2.45) is 0 Å². The quantitative estimate of drug-likeness (QED) is 0.310. The molecule has 0 aliphatic carbocycles. The van der Waals surface area contributed by atoms with E-state index in [2.05, 4.69) is 15.6 Å². The molecule has 228 valence electrons. The molecule has 0 unspecified atom stereocenters. The number of halogens is 1. The number of thiazole rings is 1. The van der Waals surface area contributed by atoms with Crippen molar-refractivity contribution in [3.8, 4) is 17.2 Å². The minimum Gasteiger partial charge on any atom is -0.493 e. The number of amides is 3. The molecule has 3 heterocycles. The van der Waals surface area contributed by atoms with Crippen LogP contribution in [0.4, 0.5) is 9.52 Å². The van der Waals surface area contributed by atoms with E-state index in [4.69, 9.17) is 19.9 Å². The second-order valence-corrected chi connectivity index (χ2v) is 11.8. The van der Waals surface area contributed by atoms with E-state index in [0.717, 1.165) is 15.8 Å². The molecule has 11 nitrogen and oxygen atoms in total. The van der Waals surface area contributed by atoms with E-state index in [0.29, 0.717) is 35.0 Å². The minimum absolute atomic E-state index is 0.0530. The molecule has 6 rings (SSSR count). The molecule has 1 fully saturated rings. The van der Waals surface area contributed by atoms with Crippen LogP contribution in [0.1, 0.15) is 38.3 Å². The number of piperidine rings is 1. The molecule has 3 aromatic carbocycles. The zero-order valence-corrected chi connectivity index (χ0v) is 24.8. The lowest BCUT2D eigenvalue weighted by Crippen LogP contribution is -2.58. The van der Waals surface area contributed by atoms with Gasteiger partial charge in [-0.3, -0.25) is 14.4 Å². The second kappa shape index (κ2) is 12.0. The molecule has 0 radical (unpaired) electrons. The fraction of sp³-hybridized carbons (Fsp3) is 0.290. The number of aromatic nitrogens is 1. The Bertz CT molecular complexity index is 1780. The molecular weight excluding hydrogens is 589 g/mol. The van der Waals surface area contributed by atoms with Crippen molar-refractivity contribution >= 4 is 44.4 Å². The molecule has 13 heteroatoms. The molecule has 44 heavy (non-hydrogen) atoms. The summed E-state index contributed by atoms with van der Waals surface area (Å²) in [6.07, 6.45) is -0.214. The van der Waals surface area contributed by atoms with Crippen LogP contribution in [0.25, 0.3) is 10.2 Å². The van der Waals surface area contributed by atoms with Gasteiger partial charge in [0.2, 0.25) is 0 Å². The zero-order chi connectivity index (χ0) is 31.0. The van der Waals surface area contributed by atoms with Crippen LogP contribution < -0.4 is 30.6 Å². The molecule has 4 bridgehead atoms. The van der Waals surface area contributed by atoms with Crippen molar-refractivity contribution < 1.29 is 33.0 Å². The third-order valence-electron chi connectivity index (χ3n) is 7.59. The van der Waals surface area contributed by atoms with Crippen LogP contribution in [-0.4, -0.2) is 66.6 Å². The van der Waals surface area contributed by atoms with E-state index in [-0.39, 0.29) is 42.7 Å². The van der Waals surface area contributed by atoms with E-state index < -0.39 is 29.8 Å². The molecule has 1 saturated heterocycles. The first-order valence-electron chi connectivity index (χ1n) is 14.0. The van der Waals surface area contributed by atoms with Crippen LogP contribution in [0.3, 0.4) is 0 Å². The van der Waals surface area contributed by atoms with Crippen molar-refractivity contribution in [2.75, 3.05) is 32.5 Å². The maximum Gasteiger partial charge on any atom is 0.258 e. The molecule has 2 atom stereocenters. The van der Waals surface area contributed by atoms with Gasteiger partial charge in [-0.05, 0) is 60.5 Å². The Morgan fingerprint density at radius 3 is 2.84 bits per heavy atom. The van der Waals surface area contributed by atoms with Gasteiger partial charge in [0.25, 0.3) is 17.7 Å². The highest BCUT2D eigenvalue weighted by Crippen LogP contribution is 2.30. The SMILES string of the molecule is COc1ccc2cc1OCC(=O)N[C@@H]1CN(C(=O)c3cc(C)c4nc(N)sc4c3)CC[C@@H]1Oc1cc(F)cc(c1)CNC2=O. The molecule has 1 aromatic heterocycles. The summed E-state index contributed by atoms with van der Waals surface area (Å²) in [7, 11) is 1.45. The average Bonchev–Trinajstić information content (AvgIpc) is 3.39. The number of hydrogen-bond acceptors (Lipinski definition) is 9. The Balaban J connectivity index is 1.29. The van der Waals surface area contributed by atoms with Crippen molar-refractivity contribution in [2.45, 2.75) is 32.0 Å². The van der Waals surface area contributed by atoms with Gasteiger partial charge in [0.05, 0.1) is 23.4 Å². The smallest absolute Gasteiger partial charge is 0.258 e. The first-order chi connectivity index (χ1) is 21.2. The van der Waals surface area contributed by atoms with Crippen molar-refractivity contribution in [1.82, 2.24) is 20.5 Å². The Labute approximate surface area is 256 Å². The van der Waals surface area contributed by atoms with Crippen LogP contribution >= 0.6 is 11.3 Å². The Hall–Kier alpha value is -4.91. The van der Waals surface area contributed by atoms with Gasteiger partial charge in [0.15, 0.2) is 23.2 Å². The number of nitrogens with zero attached hydrogens (tertiary/aromatic N) is 2. The summed E-state index contributed by atoms with van der Waals surface area (Å²) in [5.74, 6) is -0.824. The standard InChI is InChI=1S/C31H30FN5O6S/c1-16-7-19(11-26-28(16)36-31(33)44-26)30(40)37-6-5-23-22(14-37)35-27(38)15-42-25-10-18(3-4-24(25)41-2)29(39)34-13-17-8-20(32)12-21(9-17)43-23/h3-4,7-12,22-23H,5-6,13-15H2,1-2H3,(H2,33,36)(H,34,39)(H,35,38)/t22-,23+/m1/s1. The summed E-state index contributed by atoms with van der Waals surface area (Å²) in [6, 6.07) is 11.7. The number of aryl methyl sites for hydroxylation is 1. The normalized spacial score (nSPS) is 18.8. The second-order valence-electron chi connectivity index (χ2n) is 10.7. The monoisotopic (exact) mass is 619 g/mol. The van der Waals surface area contributed by atoms with Crippen LogP contribution in [0.2, 0.25) is 0 Å². The van der Waals surface area contributed by atoms with Gasteiger partial charge >= 0.3 is 0 Å².